The van der Waals surface area contributed by atoms with Gasteiger partial charge in [0.15, 0.2) is 0 Å². The number of nitrogens with one attached hydrogen (secondary N) is 2. The summed E-state index contributed by atoms with van der Waals surface area (Å²) >= 11 is 1.36. The molecule has 18 heavy (non-hydrogen) atoms. The Bertz CT molecular complexity index is 566. The molecule has 0 bridgehead atoms. The van der Waals surface area contributed by atoms with Crippen LogP contribution >= 0.6 is 11.3 Å². The minimum Gasteiger partial charge on any atom is -0.266 e. The molecule has 6 heteroatoms. The van der Waals surface area contributed by atoms with Crippen molar-refractivity contribution in [3.8, 4) is 0 Å². The zero-order chi connectivity index (χ0) is 13.0. The number of nitrogens with zero attached hydrogens (tertiary/aromatic N) is 1. The van der Waals surface area contributed by atoms with Gasteiger partial charge in [0.05, 0.1) is 4.88 Å². The normalized spacial score (nSPS) is 9.83. The van der Waals surface area contributed by atoms with Crippen LogP contribution in [0.25, 0.3) is 0 Å². The SMILES string of the molecule is Cc1ccc(C(=O)NNC(=O)c2ccccn2)s1. The monoisotopic (exact) mass is 261 g/mol. The van der Waals surface area contributed by atoms with E-state index >= 15 is 0 Å². The first kappa shape index (κ1) is 12.3. The Labute approximate surface area is 108 Å². The molecule has 2 N–H and O–H groups in total. The fourth-order valence-electron chi connectivity index (χ4n) is 1.29. The summed E-state index contributed by atoms with van der Waals surface area (Å²) in [4.78, 5) is 28.7. The highest BCUT2D eigenvalue weighted by Gasteiger charge is 2.10. The van der Waals surface area contributed by atoms with Crippen molar-refractivity contribution >= 4 is 23.2 Å². The maximum absolute atomic E-state index is 11.7. The van der Waals surface area contributed by atoms with Gasteiger partial charge in [-0.15, -0.1) is 11.3 Å². The molecule has 0 saturated heterocycles. The molecular formula is C12H11N3O2S. The summed E-state index contributed by atoms with van der Waals surface area (Å²) in [5.74, 6) is -0.783. The van der Waals surface area contributed by atoms with E-state index in [1.54, 1.807) is 24.3 Å². The summed E-state index contributed by atoms with van der Waals surface area (Å²) in [5.41, 5.74) is 4.90. The highest BCUT2D eigenvalue weighted by molar-refractivity contribution is 7.13. The van der Waals surface area contributed by atoms with Crippen molar-refractivity contribution in [2.45, 2.75) is 6.92 Å². The molecule has 5 nitrogen and oxygen atoms in total. The van der Waals surface area contributed by atoms with Crippen molar-refractivity contribution in [1.82, 2.24) is 15.8 Å². The molecule has 0 atom stereocenters. The van der Waals surface area contributed by atoms with E-state index in [1.165, 1.54) is 17.5 Å². The Hall–Kier alpha value is -2.21. The first-order valence-corrected chi connectivity index (χ1v) is 6.06. The van der Waals surface area contributed by atoms with E-state index in [0.717, 1.165) is 4.88 Å². The summed E-state index contributed by atoms with van der Waals surface area (Å²) in [6.45, 7) is 1.91. The number of hydrazine groups is 1. The number of amides is 2. The van der Waals surface area contributed by atoms with Crippen LogP contribution in [-0.2, 0) is 0 Å². The average molecular weight is 261 g/mol. The second-order valence-electron chi connectivity index (χ2n) is 3.53. The van der Waals surface area contributed by atoms with Crippen LogP contribution in [0.4, 0.5) is 0 Å². The van der Waals surface area contributed by atoms with Crippen molar-refractivity contribution in [3.05, 3.63) is 52.0 Å². The molecule has 0 unspecified atom stereocenters. The van der Waals surface area contributed by atoms with Crippen molar-refractivity contribution in [1.29, 1.82) is 0 Å². The van der Waals surface area contributed by atoms with Gasteiger partial charge in [-0.1, -0.05) is 6.07 Å². The Kier molecular flexibility index (Phi) is 3.69. The number of pyridine rings is 1. The lowest BCUT2D eigenvalue weighted by Gasteiger charge is -2.05. The summed E-state index contributed by atoms with van der Waals surface area (Å²) in [5, 5.41) is 0. The van der Waals surface area contributed by atoms with Crippen molar-refractivity contribution in [2.75, 3.05) is 0 Å². The van der Waals surface area contributed by atoms with E-state index in [-0.39, 0.29) is 11.6 Å². The van der Waals surface area contributed by atoms with E-state index in [4.69, 9.17) is 0 Å². The molecule has 2 heterocycles. The molecule has 0 aliphatic carbocycles. The largest absolute Gasteiger partial charge is 0.288 e. The Balaban J connectivity index is 1.92. The van der Waals surface area contributed by atoms with Crippen molar-refractivity contribution < 1.29 is 9.59 Å². The van der Waals surface area contributed by atoms with Gasteiger partial charge in [0, 0.05) is 11.1 Å². The number of hydrogen-bond donors (Lipinski definition) is 2. The maximum atomic E-state index is 11.7. The van der Waals surface area contributed by atoms with Crippen LogP contribution in [0.3, 0.4) is 0 Å². The summed E-state index contributed by atoms with van der Waals surface area (Å²) < 4.78 is 0. The number of carbonyl (C=O) groups is 2. The van der Waals surface area contributed by atoms with Gasteiger partial charge >= 0.3 is 0 Å². The average Bonchev–Trinajstić information content (AvgIpc) is 2.83. The van der Waals surface area contributed by atoms with Crippen LogP contribution in [0.2, 0.25) is 0 Å². The summed E-state index contributed by atoms with van der Waals surface area (Å²) in [6.07, 6.45) is 1.51. The van der Waals surface area contributed by atoms with Crippen molar-refractivity contribution in [3.63, 3.8) is 0 Å². The Morgan fingerprint density at radius 2 is 1.89 bits per heavy atom. The number of hydrogen-bond acceptors (Lipinski definition) is 4. The Morgan fingerprint density at radius 3 is 2.50 bits per heavy atom. The minimum absolute atomic E-state index is 0.250. The molecule has 2 aromatic heterocycles. The van der Waals surface area contributed by atoms with Crippen LogP contribution in [0.15, 0.2) is 36.5 Å². The fraction of sp³-hybridized carbons (Fsp3) is 0.0833. The number of rotatable bonds is 2. The summed E-state index contributed by atoms with van der Waals surface area (Å²) in [6, 6.07) is 8.54. The van der Waals surface area contributed by atoms with E-state index in [9.17, 15) is 9.59 Å². The third-order valence-electron chi connectivity index (χ3n) is 2.15. The number of thiophene rings is 1. The number of aryl methyl sites for hydroxylation is 1. The van der Waals surface area contributed by atoms with Gasteiger partial charge < -0.3 is 0 Å². The predicted octanol–water partition coefficient (Wildman–Crippen LogP) is 1.53. The van der Waals surface area contributed by atoms with E-state index in [1.807, 2.05) is 13.0 Å². The van der Waals surface area contributed by atoms with Crippen LogP contribution < -0.4 is 10.9 Å². The van der Waals surface area contributed by atoms with Gasteiger partial charge in [0.1, 0.15) is 5.69 Å². The molecule has 0 aliphatic rings. The molecule has 0 spiro atoms. The number of aromatic nitrogens is 1. The molecule has 0 aromatic carbocycles. The first-order chi connectivity index (χ1) is 8.66. The molecule has 2 amide bonds. The standard InChI is InChI=1S/C12H11N3O2S/c1-8-5-6-10(18-8)12(17)15-14-11(16)9-4-2-3-7-13-9/h2-7H,1H3,(H,14,16)(H,15,17). The lowest BCUT2D eigenvalue weighted by atomic mass is 10.3. The van der Waals surface area contributed by atoms with Crippen molar-refractivity contribution in [2.24, 2.45) is 0 Å². The molecule has 92 valence electrons. The van der Waals surface area contributed by atoms with Gasteiger partial charge in [-0.25, -0.2) is 0 Å². The van der Waals surface area contributed by atoms with Crippen LogP contribution in [-0.4, -0.2) is 16.8 Å². The second kappa shape index (κ2) is 5.42. The first-order valence-electron chi connectivity index (χ1n) is 5.25. The van der Waals surface area contributed by atoms with Gasteiger partial charge in [0.25, 0.3) is 11.8 Å². The third kappa shape index (κ3) is 2.92. The molecule has 2 rings (SSSR count). The van der Waals surface area contributed by atoms with Crippen LogP contribution in [0.5, 0.6) is 0 Å². The lowest BCUT2D eigenvalue weighted by Crippen LogP contribution is -2.41. The Morgan fingerprint density at radius 1 is 1.11 bits per heavy atom. The number of carbonyl (C=O) groups excluding carboxylic acids is 2. The maximum Gasteiger partial charge on any atom is 0.288 e. The molecular weight excluding hydrogens is 250 g/mol. The molecule has 0 radical (unpaired) electrons. The molecule has 0 aliphatic heterocycles. The highest BCUT2D eigenvalue weighted by Crippen LogP contribution is 2.14. The van der Waals surface area contributed by atoms with Gasteiger partial charge in [0.2, 0.25) is 0 Å². The minimum atomic E-state index is -0.447. The highest BCUT2D eigenvalue weighted by atomic mass is 32.1. The van der Waals surface area contributed by atoms with Crippen LogP contribution in [0, 0.1) is 6.92 Å². The fourth-order valence-corrected chi connectivity index (χ4v) is 2.06. The predicted molar refractivity (Wildman–Crippen MR) is 68.2 cm³/mol. The van der Waals surface area contributed by atoms with Gasteiger partial charge in [-0.3, -0.25) is 25.4 Å². The molecule has 2 aromatic rings. The summed E-state index contributed by atoms with van der Waals surface area (Å²) in [7, 11) is 0. The zero-order valence-corrected chi connectivity index (χ0v) is 10.5. The van der Waals surface area contributed by atoms with E-state index in [2.05, 4.69) is 15.8 Å². The topological polar surface area (TPSA) is 71.1 Å². The van der Waals surface area contributed by atoms with Gasteiger partial charge in [-0.05, 0) is 31.2 Å². The quantitative estimate of drug-likeness (QED) is 0.805. The zero-order valence-electron chi connectivity index (χ0n) is 9.64. The molecule has 0 fully saturated rings. The smallest absolute Gasteiger partial charge is 0.266 e. The van der Waals surface area contributed by atoms with Gasteiger partial charge in [-0.2, -0.15) is 0 Å². The molecule has 0 saturated carbocycles. The third-order valence-corrected chi connectivity index (χ3v) is 3.15. The second-order valence-corrected chi connectivity index (χ2v) is 4.82. The van der Waals surface area contributed by atoms with E-state index in [0.29, 0.717) is 4.88 Å². The lowest BCUT2D eigenvalue weighted by molar-refractivity contribution is 0.0846. The van der Waals surface area contributed by atoms with Crippen LogP contribution in [0.1, 0.15) is 25.0 Å². The van der Waals surface area contributed by atoms with E-state index < -0.39 is 5.91 Å².